The smallest absolute Gasteiger partial charge is 0.308 e. The van der Waals surface area contributed by atoms with Gasteiger partial charge in [-0.25, -0.2) is 0 Å². The highest BCUT2D eigenvalue weighted by Crippen LogP contribution is 2.58. The molecule has 33 atom stereocenters. The summed E-state index contributed by atoms with van der Waals surface area (Å²) in [5, 5.41) is 20.0. The second-order valence-electron chi connectivity index (χ2n) is 28.1. The number of hydrogen-bond acceptors (Lipinski definition) is 19. The fraction of sp³-hybridized carbons (Fsp3) is 0.918. The van der Waals surface area contributed by atoms with Gasteiger partial charge in [-0.05, 0) is 73.8 Å². The summed E-state index contributed by atoms with van der Waals surface area (Å²) in [5.41, 5.74) is 2.16. The van der Waals surface area contributed by atoms with E-state index < -0.39 is 60.1 Å². The average Bonchev–Trinajstić information content (AvgIpc) is 3.61. The highest BCUT2D eigenvalue weighted by atomic mass is 16.8. The Morgan fingerprint density at radius 3 is 1.99 bits per heavy atom. The molecule has 19 nitrogen and oxygen atoms in total. The maximum atomic E-state index is 14.6. The van der Waals surface area contributed by atoms with Gasteiger partial charge in [-0.1, -0.05) is 40.9 Å². The molecule has 0 amide bonds. The lowest BCUT2D eigenvalue weighted by Crippen LogP contribution is -2.62. The number of carbonyl (C=O) groups is 1. The molecule has 0 aliphatic carbocycles. The van der Waals surface area contributed by atoms with Crippen LogP contribution in [0.1, 0.15) is 143 Å². The van der Waals surface area contributed by atoms with Gasteiger partial charge in [0.1, 0.15) is 42.7 Å². The molecule has 0 aromatic rings. The summed E-state index contributed by atoms with van der Waals surface area (Å²) in [4.78, 5) is 14.6. The predicted octanol–water partition coefficient (Wildman–Crippen LogP) is 5.33. The summed E-state index contributed by atoms with van der Waals surface area (Å²) in [6.45, 7) is 17.6. The number of carbonyl (C=O) groups excluding carboxylic acids is 1. The number of aliphatic hydroxyl groups is 2. The summed E-state index contributed by atoms with van der Waals surface area (Å²) >= 11 is 0. The van der Waals surface area contributed by atoms with E-state index in [1.165, 1.54) is 0 Å². The Labute approximate surface area is 469 Å². The van der Waals surface area contributed by atoms with Crippen molar-refractivity contribution in [2.24, 2.45) is 23.7 Å². The van der Waals surface area contributed by atoms with Gasteiger partial charge in [-0.3, -0.25) is 4.79 Å². The summed E-state index contributed by atoms with van der Waals surface area (Å²) in [7, 11) is 0. The maximum absolute atomic E-state index is 14.6. The van der Waals surface area contributed by atoms with Gasteiger partial charge in [0.05, 0.1) is 129 Å². The lowest BCUT2D eigenvalue weighted by atomic mass is 9.78. The van der Waals surface area contributed by atoms with E-state index in [1.807, 2.05) is 0 Å². The standard InChI is InChI=1S/C61H86O19/c1-26-13-32-7-9-36-27(2)14-34(65-36)11-12-59-23-47-55(79-59)56-57(73-47)58(80-59)54-37(70-56)10-8-33(67-54)15-49(64)74-53-31(6)52-44(69-43(53)16-38(66-32)30(26)5)19-42-46(72-52)22-61(75-42)24-48-51(78-61)29(4)21-60(77-48)20-28(3)50-45(76-60)18-40-41(71-50)17-39(68-40)35(63)25-62/h26,28-29,31-48,50-58,62-63H,2,5,7-25H2,1,3-4,6H3/t26-,28+,29+,31+,32+,33-,34+,35?,36+,37+,38-,39?,40-,41-,42-,43+,44+,45+,46-,47-,48+,50+,51+,52+,53-,54+,55+,56+,57+,58?,59+,60-,61-/m1/s1. The van der Waals surface area contributed by atoms with Crippen molar-refractivity contribution in [1.29, 1.82) is 0 Å². The van der Waals surface area contributed by atoms with Gasteiger partial charge in [-0.15, -0.1) is 0 Å². The molecule has 0 aromatic carbocycles. The van der Waals surface area contributed by atoms with E-state index in [2.05, 4.69) is 40.9 Å². The summed E-state index contributed by atoms with van der Waals surface area (Å²) < 4.78 is 110. The Balaban J connectivity index is 0.628. The molecule has 0 aromatic heterocycles. The van der Waals surface area contributed by atoms with E-state index in [1.54, 1.807) is 0 Å². The minimum atomic E-state index is -0.941. The van der Waals surface area contributed by atoms with Gasteiger partial charge in [0.2, 0.25) is 0 Å². The maximum Gasteiger partial charge on any atom is 0.308 e. The molecule has 17 fully saturated rings. The zero-order valence-corrected chi connectivity index (χ0v) is 47.0. The van der Waals surface area contributed by atoms with Gasteiger partial charge in [0.25, 0.3) is 0 Å². The van der Waals surface area contributed by atoms with Crippen LogP contribution >= 0.6 is 0 Å². The molecule has 444 valence electrons. The number of ether oxygens (including phenoxy) is 16. The molecule has 17 aliphatic rings. The molecule has 0 saturated carbocycles. The molecule has 17 heterocycles. The SMILES string of the molecule is C=C1C[C@@H]2CC[C@@]34C[C@H]5O[C@@H]6C(O3)[C@H]3O[C@H](CC[C@@H]3O[C@H]6[C@H]5O4)CC(=O)O[C@@H]3[C@@H](C)[C@@H]4O[C@@H]5C[C@@]6(C[C@@H]7O[C@]8(C[C@H](C)[C@@H]9O[C@@H]%10CC(C(O)CO)O[C@@H]%10C[C@@H]9O8)C[C@H](C)[C@@H]7O6)O[C@@H]5C[C@@H]4O[C@H]3C[C@H]3O[C@@H](CC[C@@H]1O2)C[C@@H](C)C3=C. The highest BCUT2D eigenvalue weighted by Gasteiger charge is 2.70. The average molecular weight is 1120 g/mol. The zero-order valence-electron chi connectivity index (χ0n) is 47.0. The Hall–Kier alpha value is -1.73. The van der Waals surface area contributed by atoms with Crippen LogP contribution in [-0.2, 0) is 80.6 Å². The van der Waals surface area contributed by atoms with Crippen molar-refractivity contribution >= 4 is 5.97 Å². The minimum absolute atomic E-state index is 0.0140. The van der Waals surface area contributed by atoms with Crippen LogP contribution in [0.2, 0.25) is 0 Å². The number of hydrogen-bond donors (Lipinski definition) is 2. The van der Waals surface area contributed by atoms with Crippen LogP contribution in [0.4, 0.5) is 0 Å². The lowest BCUT2D eigenvalue weighted by Gasteiger charge is -2.54. The van der Waals surface area contributed by atoms with Crippen LogP contribution < -0.4 is 0 Å². The molecule has 19 heteroatoms. The molecule has 17 aliphatic heterocycles. The fourth-order valence-corrected chi connectivity index (χ4v) is 18.8. The number of aliphatic hydroxyl groups excluding tert-OH is 2. The van der Waals surface area contributed by atoms with Crippen LogP contribution in [0.5, 0.6) is 0 Å². The van der Waals surface area contributed by atoms with Crippen LogP contribution in [0.3, 0.4) is 0 Å². The van der Waals surface area contributed by atoms with E-state index in [4.69, 9.17) is 75.8 Å². The van der Waals surface area contributed by atoms with Crippen LogP contribution in [0.25, 0.3) is 0 Å². The predicted molar refractivity (Wildman–Crippen MR) is 276 cm³/mol. The molecule has 12 bridgehead atoms. The Morgan fingerprint density at radius 2 is 1.12 bits per heavy atom. The Bertz CT molecular complexity index is 2410. The van der Waals surface area contributed by atoms with Gasteiger partial charge in [0, 0.05) is 70.1 Å². The summed E-state index contributed by atoms with van der Waals surface area (Å²) in [6, 6.07) is 0. The van der Waals surface area contributed by atoms with Crippen LogP contribution in [0.15, 0.2) is 24.3 Å². The molecule has 0 radical (unpaired) electrons. The molecule has 80 heavy (non-hydrogen) atoms. The normalized spacial score (nSPS) is 58.9. The second kappa shape index (κ2) is 19.9. The third-order valence-electron chi connectivity index (χ3n) is 22.6. The first-order chi connectivity index (χ1) is 38.6. The molecule has 3 unspecified atom stereocenters. The number of rotatable bonds is 2. The van der Waals surface area contributed by atoms with Crippen molar-refractivity contribution in [3.05, 3.63) is 24.3 Å². The second-order valence-corrected chi connectivity index (χ2v) is 28.1. The Kier molecular flexibility index (Phi) is 13.4. The molecule has 3 spiro atoms. The van der Waals surface area contributed by atoms with Gasteiger partial charge in [0.15, 0.2) is 17.4 Å². The molecular weight excluding hydrogens is 1040 g/mol. The third-order valence-corrected chi connectivity index (χ3v) is 22.6. The molecular formula is C61H86O19. The monoisotopic (exact) mass is 1120 g/mol. The molecule has 17 rings (SSSR count). The first-order valence-corrected chi connectivity index (χ1v) is 31.4. The van der Waals surface area contributed by atoms with Crippen molar-refractivity contribution in [3.8, 4) is 0 Å². The lowest BCUT2D eigenvalue weighted by molar-refractivity contribution is -0.369. The number of esters is 1. The van der Waals surface area contributed by atoms with Gasteiger partial charge >= 0.3 is 5.97 Å². The summed E-state index contributed by atoms with van der Waals surface area (Å²) in [5.74, 6) is -2.60. The van der Waals surface area contributed by atoms with Gasteiger partial charge < -0.3 is 86.0 Å². The largest absolute Gasteiger partial charge is 0.459 e. The number of fused-ring (bicyclic) bond motifs is 11. The highest BCUT2D eigenvalue weighted by molar-refractivity contribution is 5.70. The van der Waals surface area contributed by atoms with Crippen molar-refractivity contribution < 1.29 is 90.8 Å². The van der Waals surface area contributed by atoms with Crippen LogP contribution in [-0.4, -0.2) is 199 Å². The first kappa shape index (κ1) is 53.7. The fourth-order valence-electron chi connectivity index (χ4n) is 18.8. The van der Waals surface area contributed by atoms with Crippen LogP contribution in [0, 0.1) is 23.7 Å². The van der Waals surface area contributed by atoms with Crippen molar-refractivity contribution in [2.45, 2.75) is 319 Å². The van der Waals surface area contributed by atoms with Crippen molar-refractivity contribution in [3.63, 3.8) is 0 Å². The first-order valence-electron chi connectivity index (χ1n) is 31.4. The molecule has 17 saturated heterocycles. The molecule has 2 N–H and O–H groups in total. The van der Waals surface area contributed by atoms with E-state index in [-0.39, 0.29) is 159 Å². The van der Waals surface area contributed by atoms with E-state index >= 15 is 0 Å². The summed E-state index contributed by atoms with van der Waals surface area (Å²) in [6.07, 6.45) is 4.03. The van der Waals surface area contributed by atoms with Gasteiger partial charge in [-0.2, -0.15) is 0 Å². The van der Waals surface area contributed by atoms with E-state index in [9.17, 15) is 15.0 Å². The zero-order chi connectivity index (χ0) is 54.3. The third kappa shape index (κ3) is 8.99. The van der Waals surface area contributed by atoms with Crippen molar-refractivity contribution in [2.75, 3.05) is 6.61 Å². The van der Waals surface area contributed by atoms with E-state index in [0.717, 1.165) is 49.7 Å². The topological polar surface area (TPSA) is 205 Å². The van der Waals surface area contributed by atoms with E-state index in [0.29, 0.717) is 70.6 Å². The minimum Gasteiger partial charge on any atom is -0.459 e. The quantitative estimate of drug-likeness (QED) is 0.265. The van der Waals surface area contributed by atoms with Crippen molar-refractivity contribution in [1.82, 2.24) is 0 Å². The Morgan fingerprint density at radius 1 is 0.475 bits per heavy atom.